The summed E-state index contributed by atoms with van der Waals surface area (Å²) in [5.74, 6) is 0.978. The second-order valence-electron chi connectivity index (χ2n) is 4.41. The summed E-state index contributed by atoms with van der Waals surface area (Å²) in [6.45, 7) is 2.82. The summed E-state index contributed by atoms with van der Waals surface area (Å²) in [5.41, 5.74) is 0.0221. The highest BCUT2D eigenvalue weighted by Crippen LogP contribution is 2.20. The van der Waals surface area contributed by atoms with E-state index in [0.29, 0.717) is 11.6 Å². The zero-order valence-electron chi connectivity index (χ0n) is 11.1. The van der Waals surface area contributed by atoms with Crippen LogP contribution in [0.5, 0.6) is 0 Å². The first-order valence-electron chi connectivity index (χ1n) is 5.68. The third-order valence-electron chi connectivity index (χ3n) is 2.31. The largest absolute Gasteiger partial charge is 0.373 e. The molecule has 1 aromatic heterocycles. The van der Waals surface area contributed by atoms with Crippen LogP contribution >= 0.6 is 0 Å². The standard InChI is InChI=1S/C11H19N5O2/c1-8(7-15(3)4)13-11-6-9(16(17)18)5-10(12-2)14-11/h5-6,8H,7H2,1-4H3,(H2,12,13,14). The molecule has 1 heterocycles. The first-order valence-corrected chi connectivity index (χ1v) is 5.68. The molecule has 0 saturated carbocycles. The van der Waals surface area contributed by atoms with Crippen molar-refractivity contribution in [3.05, 3.63) is 22.2 Å². The molecule has 1 aromatic rings. The van der Waals surface area contributed by atoms with Crippen LogP contribution in [0.2, 0.25) is 0 Å². The average molecular weight is 253 g/mol. The molecule has 1 unspecified atom stereocenters. The fourth-order valence-corrected chi connectivity index (χ4v) is 1.67. The lowest BCUT2D eigenvalue weighted by molar-refractivity contribution is -0.384. The molecule has 18 heavy (non-hydrogen) atoms. The van der Waals surface area contributed by atoms with Gasteiger partial charge in [-0.3, -0.25) is 10.1 Å². The predicted molar refractivity (Wildman–Crippen MR) is 72.1 cm³/mol. The molecule has 7 nitrogen and oxygen atoms in total. The molecule has 100 valence electrons. The Hall–Kier alpha value is -1.89. The Balaban J connectivity index is 2.87. The molecule has 2 N–H and O–H groups in total. The van der Waals surface area contributed by atoms with Crippen molar-refractivity contribution in [2.45, 2.75) is 13.0 Å². The van der Waals surface area contributed by atoms with Gasteiger partial charge in [-0.05, 0) is 21.0 Å². The van der Waals surface area contributed by atoms with Crippen LogP contribution in [0.25, 0.3) is 0 Å². The number of nitrogens with zero attached hydrogens (tertiary/aromatic N) is 3. The summed E-state index contributed by atoms with van der Waals surface area (Å²) in [6.07, 6.45) is 0. The fraction of sp³-hybridized carbons (Fsp3) is 0.545. The molecule has 0 aromatic carbocycles. The van der Waals surface area contributed by atoms with Gasteiger partial charge in [-0.1, -0.05) is 0 Å². The zero-order valence-corrected chi connectivity index (χ0v) is 11.1. The highest BCUT2D eigenvalue weighted by molar-refractivity contribution is 5.54. The number of nitrogens with one attached hydrogen (secondary N) is 2. The molecule has 7 heteroatoms. The summed E-state index contributed by atoms with van der Waals surface area (Å²) in [6, 6.07) is 2.99. The number of rotatable bonds is 6. The van der Waals surface area contributed by atoms with Gasteiger partial charge in [0.2, 0.25) is 0 Å². The second-order valence-corrected chi connectivity index (χ2v) is 4.41. The van der Waals surface area contributed by atoms with E-state index < -0.39 is 4.92 Å². The maximum Gasteiger partial charge on any atom is 0.276 e. The van der Waals surface area contributed by atoms with Gasteiger partial charge in [-0.25, -0.2) is 4.98 Å². The monoisotopic (exact) mass is 253 g/mol. The predicted octanol–water partition coefficient (Wildman–Crippen LogP) is 1.39. The van der Waals surface area contributed by atoms with Gasteiger partial charge in [0, 0.05) is 19.6 Å². The van der Waals surface area contributed by atoms with Crippen LogP contribution in [-0.4, -0.2) is 48.5 Å². The number of hydrogen-bond donors (Lipinski definition) is 2. The van der Waals surface area contributed by atoms with Crippen molar-refractivity contribution in [3.8, 4) is 0 Å². The average Bonchev–Trinajstić information content (AvgIpc) is 2.27. The van der Waals surface area contributed by atoms with Crippen molar-refractivity contribution in [1.82, 2.24) is 9.88 Å². The van der Waals surface area contributed by atoms with E-state index in [9.17, 15) is 10.1 Å². The van der Waals surface area contributed by atoms with Gasteiger partial charge in [-0.15, -0.1) is 0 Å². The third kappa shape index (κ3) is 4.17. The molecule has 0 saturated heterocycles. The Kier molecular flexibility index (Phi) is 4.85. The number of likely N-dealkylation sites (N-methyl/N-ethyl adjacent to an activating group) is 1. The Morgan fingerprint density at radius 2 is 2.06 bits per heavy atom. The van der Waals surface area contributed by atoms with E-state index in [-0.39, 0.29) is 11.7 Å². The Labute approximate surface area is 106 Å². The van der Waals surface area contributed by atoms with Crippen LogP contribution in [0.15, 0.2) is 12.1 Å². The van der Waals surface area contributed by atoms with Crippen molar-refractivity contribution in [2.24, 2.45) is 0 Å². The topological polar surface area (TPSA) is 83.3 Å². The van der Waals surface area contributed by atoms with E-state index in [1.165, 1.54) is 12.1 Å². The molecule has 0 spiro atoms. The molecule has 1 rings (SSSR count). The number of nitro groups is 1. The van der Waals surface area contributed by atoms with E-state index in [1.807, 2.05) is 25.9 Å². The lowest BCUT2D eigenvalue weighted by Crippen LogP contribution is -2.30. The van der Waals surface area contributed by atoms with E-state index >= 15 is 0 Å². The first-order chi connectivity index (χ1) is 8.42. The maximum atomic E-state index is 10.8. The van der Waals surface area contributed by atoms with Crippen LogP contribution in [-0.2, 0) is 0 Å². The van der Waals surface area contributed by atoms with Crippen molar-refractivity contribution in [3.63, 3.8) is 0 Å². The molecule has 0 fully saturated rings. The Morgan fingerprint density at radius 3 is 2.56 bits per heavy atom. The summed E-state index contributed by atoms with van der Waals surface area (Å²) in [7, 11) is 5.62. The summed E-state index contributed by atoms with van der Waals surface area (Å²) >= 11 is 0. The lowest BCUT2D eigenvalue weighted by Gasteiger charge is -2.19. The molecular formula is C11H19N5O2. The van der Waals surface area contributed by atoms with Gasteiger partial charge in [0.15, 0.2) is 0 Å². The lowest BCUT2D eigenvalue weighted by atomic mass is 10.3. The first kappa shape index (κ1) is 14.2. The van der Waals surface area contributed by atoms with Gasteiger partial charge < -0.3 is 15.5 Å². The van der Waals surface area contributed by atoms with Gasteiger partial charge >= 0.3 is 0 Å². The van der Waals surface area contributed by atoms with Crippen LogP contribution in [0.1, 0.15) is 6.92 Å². The Bertz CT molecular complexity index is 422. The minimum atomic E-state index is -0.426. The molecule has 0 aliphatic carbocycles. The highest BCUT2D eigenvalue weighted by atomic mass is 16.6. The summed E-state index contributed by atoms with van der Waals surface area (Å²) < 4.78 is 0. The van der Waals surface area contributed by atoms with Crippen molar-refractivity contribution < 1.29 is 4.92 Å². The smallest absolute Gasteiger partial charge is 0.276 e. The Morgan fingerprint density at radius 1 is 1.44 bits per heavy atom. The van der Waals surface area contributed by atoms with E-state index in [1.54, 1.807) is 7.05 Å². The minimum absolute atomic E-state index is 0.0221. The van der Waals surface area contributed by atoms with E-state index in [0.717, 1.165) is 6.54 Å². The van der Waals surface area contributed by atoms with Crippen LogP contribution in [0.4, 0.5) is 17.3 Å². The van der Waals surface area contributed by atoms with Crippen LogP contribution in [0, 0.1) is 10.1 Å². The van der Waals surface area contributed by atoms with E-state index in [4.69, 9.17) is 0 Å². The normalized spacial score (nSPS) is 12.3. The molecule has 0 bridgehead atoms. The molecule has 0 aliphatic heterocycles. The summed E-state index contributed by atoms with van der Waals surface area (Å²) in [4.78, 5) is 16.6. The van der Waals surface area contributed by atoms with Gasteiger partial charge in [0.25, 0.3) is 5.69 Å². The molecule has 0 aliphatic rings. The van der Waals surface area contributed by atoms with Gasteiger partial charge in [0.1, 0.15) is 11.6 Å². The van der Waals surface area contributed by atoms with Crippen molar-refractivity contribution >= 4 is 17.3 Å². The third-order valence-corrected chi connectivity index (χ3v) is 2.31. The zero-order chi connectivity index (χ0) is 13.7. The van der Waals surface area contributed by atoms with Gasteiger partial charge in [0.05, 0.1) is 17.1 Å². The number of aromatic nitrogens is 1. The second kappa shape index (κ2) is 6.15. The minimum Gasteiger partial charge on any atom is -0.373 e. The number of pyridine rings is 1. The molecule has 1 atom stereocenters. The van der Waals surface area contributed by atoms with Crippen LogP contribution in [0.3, 0.4) is 0 Å². The summed E-state index contributed by atoms with van der Waals surface area (Å²) in [5, 5.41) is 16.8. The molecular weight excluding hydrogens is 234 g/mol. The highest BCUT2D eigenvalue weighted by Gasteiger charge is 2.12. The molecule has 0 radical (unpaired) electrons. The van der Waals surface area contributed by atoms with Crippen molar-refractivity contribution in [2.75, 3.05) is 38.3 Å². The molecule has 0 amide bonds. The van der Waals surface area contributed by atoms with E-state index in [2.05, 4.69) is 15.6 Å². The maximum absolute atomic E-state index is 10.8. The quantitative estimate of drug-likeness (QED) is 0.589. The number of hydrogen-bond acceptors (Lipinski definition) is 6. The SMILES string of the molecule is CNc1cc([N+](=O)[O-])cc(NC(C)CN(C)C)n1. The van der Waals surface area contributed by atoms with Crippen molar-refractivity contribution in [1.29, 1.82) is 0 Å². The van der Waals surface area contributed by atoms with Crippen LogP contribution < -0.4 is 10.6 Å². The number of anilines is 2. The van der Waals surface area contributed by atoms with Gasteiger partial charge in [-0.2, -0.15) is 0 Å². The fourth-order valence-electron chi connectivity index (χ4n) is 1.67.